The Bertz CT molecular complexity index is 594. The van der Waals surface area contributed by atoms with Gasteiger partial charge < -0.3 is 20.8 Å². The van der Waals surface area contributed by atoms with E-state index in [2.05, 4.69) is 27.6 Å². The van der Waals surface area contributed by atoms with E-state index in [0.29, 0.717) is 19.1 Å². The number of carboxylic acids is 2. The lowest BCUT2D eigenvalue weighted by molar-refractivity contribution is -0.135. The van der Waals surface area contributed by atoms with Gasteiger partial charge in [-0.2, -0.15) is 5.10 Å². The normalized spacial score (nSPS) is 13.6. The second-order valence-electron chi connectivity index (χ2n) is 6.82. The van der Waals surface area contributed by atoms with E-state index in [4.69, 9.17) is 19.8 Å². The van der Waals surface area contributed by atoms with Gasteiger partial charge in [0.05, 0.1) is 12.7 Å². The SMILES string of the molecule is CC(=O)O.CC(=O)O.CCCn1cc(CNC(=O)CN(C)C2CCNCC2)cn1. The Kier molecular flexibility index (Phi) is 14.1. The average Bonchev–Trinajstić information content (AvgIpc) is 3.08. The molecule has 2 rings (SSSR count). The van der Waals surface area contributed by atoms with Gasteiger partial charge in [-0.05, 0) is 39.4 Å². The van der Waals surface area contributed by atoms with Crippen molar-refractivity contribution < 1.29 is 24.6 Å². The summed E-state index contributed by atoms with van der Waals surface area (Å²) in [5.74, 6) is -1.58. The van der Waals surface area contributed by atoms with Gasteiger partial charge in [0.15, 0.2) is 0 Å². The highest BCUT2D eigenvalue weighted by molar-refractivity contribution is 5.78. The molecule has 0 bridgehead atoms. The van der Waals surface area contributed by atoms with E-state index in [0.717, 1.165) is 58.3 Å². The van der Waals surface area contributed by atoms with Gasteiger partial charge in [-0.25, -0.2) is 0 Å². The highest BCUT2D eigenvalue weighted by Gasteiger charge is 2.19. The molecule has 2 heterocycles. The molecule has 0 radical (unpaired) electrons. The topological polar surface area (TPSA) is 137 Å². The summed E-state index contributed by atoms with van der Waals surface area (Å²) in [6, 6.07) is 0.518. The van der Waals surface area contributed by atoms with Gasteiger partial charge in [0.2, 0.25) is 5.91 Å². The van der Waals surface area contributed by atoms with Crippen molar-refractivity contribution in [1.82, 2.24) is 25.3 Å². The standard InChI is InChI=1S/C15H27N5O.2C2H4O2/c1-3-8-20-11-13(10-18-20)9-17-15(21)12-19(2)14-4-6-16-7-5-14;2*1-2(3)4/h10-11,14,16H,3-9,12H2,1-2H3,(H,17,21);2*1H3,(H,3,4). The summed E-state index contributed by atoms with van der Waals surface area (Å²) in [6.07, 6.45) is 7.13. The van der Waals surface area contributed by atoms with Crippen LogP contribution in [0.3, 0.4) is 0 Å². The molecular formula is C19H35N5O5. The fraction of sp³-hybridized carbons (Fsp3) is 0.684. The molecule has 0 unspecified atom stereocenters. The summed E-state index contributed by atoms with van der Waals surface area (Å²) < 4.78 is 1.92. The molecule has 29 heavy (non-hydrogen) atoms. The van der Waals surface area contributed by atoms with Gasteiger partial charge in [-0.15, -0.1) is 0 Å². The van der Waals surface area contributed by atoms with Crippen LogP contribution in [-0.2, 0) is 27.5 Å². The molecule has 1 aromatic heterocycles. The number of hydrogen-bond acceptors (Lipinski definition) is 6. The molecule has 1 amide bonds. The van der Waals surface area contributed by atoms with Crippen LogP contribution < -0.4 is 10.6 Å². The Labute approximate surface area is 172 Å². The second kappa shape index (κ2) is 15.5. The number of amides is 1. The lowest BCUT2D eigenvalue weighted by Gasteiger charge is -2.31. The molecule has 10 heteroatoms. The molecule has 0 spiro atoms. The number of aromatic nitrogens is 2. The Balaban J connectivity index is 0.000000837. The molecule has 1 aromatic rings. The first-order chi connectivity index (χ1) is 13.6. The monoisotopic (exact) mass is 413 g/mol. The Hall–Kier alpha value is -2.46. The van der Waals surface area contributed by atoms with E-state index in [1.165, 1.54) is 0 Å². The number of hydrogen-bond donors (Lipinski definition) is 4. The number of aliphatic carboxylic acids is 2. The molecule has 166 valence electrons. The van der Waals surface area contributed by atoms with Gasteiger partial charge in [-0.3, -0.25) is 24.0 Å². The summed E-state index contributed by atoms with van der Waals surface area (Å²) >= 11 is 0. The highest BCUT2D eigenvalue weighted by Crippen LogP contribution is 2.09. The molecule has 0 aromatic carbocycles. The molecule has 4 N–H and O–H groups in total. The van der Waals surface area contributed by atoms with E-state index < -0.39 is 11.9 Å². The summed E-state index contributed by atoms with van der Waals surface area (Å²) in [5.41, 5.74) is 1.06. The van der Waals surface area contributed by atoms with Gasteiger partial charge in [-0.1, -0.05) is 6.92 Å². The number of carbonyl (C=O) groups is 3. The van der Waals surface area contributed by atoms with Crippen LogP contribution in [-0.4, -0.2) is 75.5 Å². The summed E-state index contributed by atoms with van der Waals surface area (Å²) in [4.78, 5) is 32.2. The van der Waals surface area contributed by atoms with E-state index in [1.807, 2.05) is 24.1 Å². The van der Waals surface area contributed by atoms with E-state index in [9.17, 15) is 4.79 Å². The number of rotatable bonds is 7. The van der Waals surface area contributed by atoms with Crippen LogP contribution in [0.1, 0.15) is 45.6 Å². The zero-order chi connectivity index (χ0) is 22.2. The van der Waals surface area contributed by atoms with Gasteiger partial charge >= 0.3 is 0 Å². The number of piperidine rings is 1. The first-order valence-electron chi connectivity index (χ1n) is 9.73. The number of nitrogens with zero attached hydrogens (tertiary/aromatic N) is 3. The predicted molar refractivity (Wildman–Crippen MR) is 110 cm³/mol. The van der Waals surface area contributed by atoms with Crippen molar-refractivity contribution >= 4 is 17.8 Å². The fourth-order valence-corrected chi connectivity index (χ4v) is 2.71. The van der Waals surface area contributed by atoms with Crippen LogP contribution in [0, 0.1) is 0 Å². The number of likely N-dealkylation sites (N-methyl/N-ethyl adjacent to an activating group) is 1. The molecule has 10 nitrogen and oxygen atoms in total. The zero-order valence-electron chi connectivity index (χ0n) is 17.8. The van der Waals surface area contributed by atoms with Gasteiger partial charge in [0.25, 0.3) is 11.9 Å². The van der Waals surface area contributed by atoms with Crippen LogP contribution in [0.15, 0.2) is 12.4 Å². The lowest BCUT2D eigenvalue weighted by Crippen LogP contribution is -2.45. The third-order valence-corrected chi connectivity index (χ3v) is 3.95. The van der Waals surface area contributed by atoms with E-state index >= 15 is 0 Å². The largest absolute Gasteiger partial charge is 0.481 e. The molecular weight excluding hydrogens is 378 g/mol. The molecule has 1 aliphatic heterocycles. The van der Waals surface area contributed by atoms with Crippen molar-refractivity contribution in [1.29, 1.82) is 0 Å². The van der Waals surface area contributed by atoms with Crippen LogP contribution in [0.5, 0.6) is 0 Å². The number of carbonyl (C=O) groups excluding carboxylic acids is 1. The van der Waals surface area contributed by atoms with Gasteiger partial charge in [0, 0.05) is 44.7 Å². The van der Waals surface area contributed by atoms with E-state index in [-0.39, 0.29) is 5.91 Å². The third-order valence-electron chi connectivity index (χ3n) is 3.95. The van der Waals surface area contributed by atoms with Crippen LogP contribution >= 0.6 is 0 Å². The summed E-state index contributed by atoms with van der Waals surface area (Å²) in [5, 5.41) is 25.4. The molecule has 0 atom stereocenters. The van der Waals surface area contributed by atoms with Crippen molar-refractivity contribution in [3.05, 3.63) is 18.0 Å². The molecule has 1 aliphatic rings. The Morgan fingerprint density at radius 2 is 1.79 bits per heavy atom. The maximum absolute atomic E-state index is 12.0. The smallest absolute Gasteiger partial charge is 0.300 e. The maximum Gasteiger partial charge on any atom is 0.300 e. The number of nitrogens with one attached hydrogen (secondary N) is 2. The van der Waals surface area contributed by atoms with Crippen molar-refractivity contribution in [3.8, 4) is 0 Å². The molecule has 0 aliphatic carbocycles. The minimum absolute atomic E-state index is 0.0827. The highest BCUT2D eigenvalue weighted by atomic mass is 16.4. The minimum atomic E-state index is -0.833. The summed E-state index contributed by atoms with van der Waals surface area (Å²) in [7, 11) is 2.04. The second-order valence-corrected chi connectivity index (χ2v) is 6.82. The van der Waals surface area contributed by atoms with Crippen molar-refractivity contribution in [2.75, 3.05) is 26.7 Å². The number of carboxylic acid groups (broad SMARTS) is 2. The van der Waals surface area contributed by atoms with Crippen LogP contribution in [0.25, 0.3) is 0 Å². The molecule has 1 fully saturated rings. The zero-order valence-corrected chi connectivity index (χ0v) is 17.8. The summed E-state index contributed by atoms with van der Waals surface area (Å²) in [6.45, 7) is 8.34. The maximum atomic E-state index is 12.0. The number of aryl methyl sites for hydroxylation is 1. The van der Waals surface area contributed by atoms with Crippen molar-refractivity contribution in [2.24, 2.45) is 0 Å². The molecule has 1 saturated heterocycles. The van der Waals surface area contributed by atoms with E-state index in [1.54, 1.807) is 0 Å². The fourth-order valence-electron chi connectivity index (χ4n) is 2.71. The quantitative estimate of drug-likeness (QED) is 0.515. The van der Waals surface area contributed by atoms with Gasteiger partial charge in [0.1, 0.15) is 0 Å². The predicted octanol–water partition coefficient (Wildman–Crippen LogP) is 0.775. The van der Waals surface area contributed by atoms with Crippen LogP contribution in [0.4, 0.5) is 0 Å². The minimum Gasteiger partial charge on any atom is -0.481 e. The lowest BCUT2D eigenvalue weighted by atomic mass is 10.1. The van der Waals surface area contributed by atoms with Crippen molar-refractivity contribution in [3.63, 3.8) is 0 Å². The first-order valence-corrected chi connectivity index (χ1v) is 9.73. The third kappa shape index (κ3) is 15.2. The molecule has 0 saturated carbocycles. The van der Waals surface area contributed by atoms with Crippen molar-refractivity contribution in [2.45, 2.75) is 59.2 Å². The van der Waals surface area contributed by atoms with Crippen LogP contribution in [0.2, 0.25) is 0 Å². The Morgan fingerprint density at radius 3 is 2.31 bits per heavy atom. The average molecular weight is 414 g/mol. The Morgan fingerprint density at radius 1 is 1.24 bits per heavy atom. The first kappa shape index (κ1) is 26.5.